The highest BCUT2D eigenvalue weighted by molar-refractivity contribution is 6.01. The van der Waals surface area contributed by atoms with Crippen molar-refractivity contribution in [3.8, 4) is 23.0 Å². The smallest absolute Gasteiger partial charge is 0.407 e. The number of alkyl halides is 1. The van der Waals surface area contributed by atoms with Crippen molar-refractivity contribution in [3.63, 3.8) is 0 Å². The molecule has 11 nitrogen and oxygen atoms in total. The van der Waals surface area contributed by atoms with Gasteiger partial charge in [-0.25, -0.2) is 18.0 Å². The SMILES string of the molecule is C[C@@]12C[C@@H](O)CN(C1)c1nc(OC[C@@]34CCCN3C[C@H](F)C4)nc3c(F)c(ncc13)-c1cc(O)cc3ccc(F)c(c13)CCCOC(=O)N2. The Kier molecular flexibility index (Phi) is 7.70. The van der Waals surface area contributed by atoms with Gasteiger partial charge in [0, 0.05) is 37.8 Å². The predicted molar refractivity (Wildman–Crippen MR) is 174 cm³/mol. The van der Waals surface area contributed by atoms with Crippen LogP contribution in [0.25, 0.3) is 32.9 Å². The maximum Gasteiger partial charge on any atom is 0.407 e. The fourth-order valence-electron chi connectivity index (χ4n) is 8.43. The number of aliphatic hydroxyl groups excluding tert-OH is 1. The number of alkyl carbamates (subject to hydrolysis) is 1. The Balaban J connectivity index is 1.32. The number of anilines is 1. The molecule has 4 atom stereocenters. The maximum atomic E-state index is 17.0. The van der Waals surface area contributed by atoms with E-state index in [0.29, 0.717) is 23.7 Å². The fraction of sp³-hybridized carbons (Fsp3) is 0.486. The van der Waals surface area contributed by atoms with Gasteiger partial charge in [0.15, 0.2) is 5.82 Å². The molecule has 3 saturated heterocycles. The van der Waals surface area contributed by atoms with Crippen molar-refractivity contribution in [1.82, 2.24) is 25.2 Å². The molecule has 0 aliphatic carbocycles. The number of amides is 1. The van der Waals surface area contributed by atoms with Gasteiger partial charge >= 0.3 is 12.1 Å². The number of nitrogens with one attached hydrogen (secondary N) is 1. The number of nitrogens with zero attached hydrogens (tertiary/aromatic N) is 5. The Morgan fingerprint density at radius 2 is 2.02 bits per heavy atom. The lowest BCUT2D eigenvalue weighted by atomic mass is 9.89. The number of hydrogen-bond acceptors (Lipinski definition) is 10. The van der Waals surface area contributed by atoms with E-state index in [1.807, 2.05) is 0 Å². The molecule has 5 aliphatic rings. The van der Waals surface area contributed by atoms with Crippen molar-refractivity contribution in [2.45, 2.75) is 68.8 Å². The van der Waals surface area contributed by atoms with Crippen molar-refractivity contribution >= 4 is 33.6 Å². The molecule has 14 heteroatoms. The van der Waals surface area contributed by atoms with Gasteiger partial charge in [0.1, 0.15) is 41.4 Å². The summed E-state index contributed by atoms with van der Waals surface area (Å²) in [4.78, 5) is 30.5. The van der Waals surface area contributed by atoms with Crippen molar-refractivity contribution in [2.75, 3.05) is 44.3 Å². The number of hydrogen-bond donors (Lipinski definition) is 3. The zero-order valence-electron chi connectivity index (χ0n) is 27.0. The lowest BCUT2D eigenvalue weighted by molar-refractivity contribution is 0.0913. The number of piperidine rings is 1. The molecule has 5 aliphatic heterocycles. The number of halogens is 3. The van der Waals surface area contributed by atoms with Crippen LogP contribution in [0.4, 0.5) is 23.8 Å². The average molecular weight is 679 g/mol. The van der Waals surface area contributed by atoms with E-state index < -0.39 is 41.1 Å². The summed E-state index contributed by atoms with van der Waals surface area (Å²) < 4.78 is 58.7. The number of aromatic hydroxyl groups is 1. The first kappa shape index (κ1) is 31.8. The number of carbonyl (C=O) groups excluding carboxylic acids is 1. The van der Waals surface area contributed by atoms with Crippen molar-refractivity contribution in [3.05, 3.63) is 47.7 Å². The first-order chi connectivity index (χ1) is 23.5. The molecule has 2 aromatic heterocycles. The van der Waals surface area contributed by atoms with Gasteiger partial charge in [0.2, 0.25) is 0 Å². The molecule has 0 saturated carbocycles. The molecule has 4 aromatic rings. The van der Waals surface area contributed by atoms with Crippen LogP contribution < -0.4 is 15.0 Å². The van der Waals surface area contributed by atoms with Crippen LogP contribution in [0.5, 0.6) is 11.8 Å². The first-order valence-corrected chi connectivity index (χ1v) is 16.7. The zero-order chi connectivity index (χ0) is 34.1. The molecule has 0 unspecified atom stereocenters. The second-order valence-corrected chi connectivity index (χ2v) is 14.2. The fourth-order valence-corrected chi connectivity index (χ4v) is 8.43. The summed E-state index contributed by atoms with van der Waals surface area (Å²) in [7, 11) is 0. The third-order valence-electron chi connectivity index (χ3n) is 10.4. The van der Waals surface area contributed by atoms with Gasteiger partial charge in [0.05, 0.1) is 29.2 Å². The molecule has 3 N–H and O–H groups in total. The number of fused-ring (bicyclic) bond motifs is 7. The summed E-state index contributed by atoms with van der Waals surface area (Å²) in [5.41, 5.74) is -1.36. The van der Waals surface area contributed by atoms with Gasteiger partial charge in [-0.05, 0) is 80.1 Å². The summed E-state index contributed by atoms with van der Waals surface area (Å²) in [6.07, 6.45) is 1.46. The van der Waals surface area contributed by atoms with Crippen LogP contribution in [0.3, 0.4) is 0 Å². The minimum Gasteiger partial charge on any atom is -0.508 e. The number of aryl methyl sites for hydroxylation is 1. The molecule has 3 fully saturated rings. The topological polar surface area (TPSA) is 133 Å². The van der Waals surface area contributed by atoms with Crippen molar-refractivity contribution in [1.29, 1.82) is 0 Å². The number of pyridine rings is 1. The number of phenolic OH excluding ortho intramolecular Hbond substituents is 1. The highest BCUT2D eigenvalue weighted by atomic mass is 19.1. The van der Waals surface area contributed by atoms with Gasteiger partial charge in [-0.3, -0.25) is 9.88 Å². The molecule has 7 heterocycles. The van der Waals surface area contributed by atoms with Crippen molar-refractivity contribution < 1.29 is 37.7 Å². The monoisotopic (exact) mass is 678 g/mol. The largest absolute Gasteiger partial charge is 0.508 e. The molecule has 2 aromatic carbocycles. The van der Waals surface area contributed by atoms with Gasteiger partial charge < -0.3 is 29.9 Å². The van der Waals surface area contributed by atoms with Gasteiger partial charge in [-0.15, -0.1) is 0 Å². The summed E-state index contributed by atoms with van der Waals surface area (Å²) in [5.74, 6) is -1.30. The number of aromatic nitrogens is 3. The lowest BCUT2D eigenvalue weighted by Crippen LogP contribution is -2.61. The van der Waals surface area contributed by atoms with E-state index in [2.05, 4.69) is 20.2 Å². The number of carbonyl (C=O) groups is 1. The van der Waals surface area contributed by atoms with Crippen LogP contribution in [-0.2, 0) is 11.2 Å². The molecular formula is C35H37F3N6O5. The van der Waals surface area contributed by atoms with Crippen LogP contribution >= 0.6 is 0 Å². The van der Waals surface area contributed by atoms with Gasteiger partial charge in [-0.1, -0.05) is 6.07 Å². The number of aliphatic hydroxyl groups is 1. The van der Waals surface area contributed by atoms with E-state index in [1.54, 1.807) is 11.8 Å². The minimum absolute atomic E-state index is 0.0220. The molecule has 0 spiro atoms. The third-order valence-corrected chi connectivity index (χ3v) is 10.4. The second kappa shape index (κ2) is 11.9. The van der Waals surface area contributed by atoms with Crippen LogP contribution in [0.1, 0.15) is 44.6 Å². The number of rotatable bonds is 3. The third kappa shape index (κ3) is 5.64. The summed E-state index contributed by atoms with van der Waals surface area (Å²) in [6, 6.07) is 5.46. The number of phenols is 1. The summed E-state index contributed by atoms with van der Waals surface area (Å²) >= 11 is 0. The predicted octanol–water partition coefficient (Wildman–Crippen LogP) is 4.79. The van der Waals surface area contributed by atoms with Crippen LogP contribution in [0.15, 0.2) is 30.5 Å². The Labute approximate surface area is 280 Å². The Hall–Kier alpha value is -4.43. The first-order valence-electron chi connectivity index (χ1n) is 16.7. The molecule has 9 rings (SSSR count). The lowest BCUT2D eigenvalue weighted by Gasteiger charge is -2.43. The van der Waals surface area contributed by atoms with Crippen LogP contribution in [0, 0.1) is 11.6 Å². The minimum atomic E-state index is -0.974. The normalized spacial score (nSPS) is 27.4. The summed E-state index contributed by atoms with van der Waals surface area (Å²) in [5, 5.41) is 25.6. The van der Waals surface area contributed by atoms with Gasteiger partial charge in [0.25, 0.3) is 0 Å². The quantitative estimate of drug-likeness (QED) is 0.278. The van der Waals surface area contributed by atoms with Crippen molar-refractivity contribution in [2.24, 2.45) is 0 Å². The van der Waals surface area contributed by atoms with Gasteiger partial charge in [-0.2, -0.15) is 9.97 Å². The Morgan fingerprint density at radius 3 is 2.88 bits per heavy atom. The van der Waals surface area contributed by atoms with E-state index in [-0.39, 0.29) is 90.9 Å². The average Bonchev–Trinajstić information content (AvgIpc) is 3.57. The maximum absolute atomic E-state index is 17.0. The van der Waals surface area contributed by atoms with E-state index >= 15 is 8.78 Å². The molecule has 6 bridgehead atoms. The number of ether oxygens (including phenoxy) is 2. The molecule has 49 heavy (non-hydrogen) atoms. The van der Waals surface area contributed by atoms with Crippen LogP contribution in [0.2, 0.25) is 0 Å². The Morgan fingerprint density at radius 1 is 1.16 bits per heavy atom. The molecule has 258 valence electrons. The van der Waals surface area contributed by atoms with E-state index in [1.165, 1.54) is 30.5 Å². The van der Waals surface area contributed by atoms with E-state index in [9.17, 15) is 19.4 Å². The molecule has 1 amide bonds. The standard InChI is InChI=1S/C35H37F3N6O5/c1-34-13-22(46)16-43(17-34)31-25-14-39-29(28(38)30(25)40-32(41-31)49-18-35-7-3-8-44(35)15-20(36)12-35)24-11-21(45)10-19-5-6-26(37)23(27(19)24)4-2-9-48-33(47)42-34/h5-6,10-11,14,20,22,45-46H,2-4,7-9,12-13,15-18H2,1H3,(H,42,47)/t20-,22-,34-,35+/m1/s1. The van der Waals surface area contributed by atoms with E-state index in [0.717, 1.165) is 19.4 Å². The Bertz CT molecular complexity index is 1980. The summed E-state index contributed by atoms with van der Waals surface area (Å²) in [6.45, 7) is 3.24. The van der Waals surface area contributed by atoms with E-state index in [4.69, 9.17) is 14.5 Å². The zero-order valence-corrected chi connectivity index (χ0v) is 27.0. The highest BCUT2D eigenvalue weighted by Gasteiger charge is 2.49. The van der Waals surface area contributed by atoms with Crippen LogP contribution in [-0.4, -0.2) is 98.9 Å². The number of benzene rings is 2. The molecular weight excluding hydrogens is 641 g/mol. The second-order valence-electron chi connectivity index (χ2n) is 14.2. The molecule has 0 radical (unpaired) electrons. The highest BCUT2D eigenvalue weighted by Crippen LogP contribution is 2.42.